The van der Waals surface area contributed by atoms with Crippen molar-refractivity contribution >= 4 is 17.4 Å². The fourth-order valence-electron chi connectivity index (χ4n) is 3.77. The van der Waals surface area contributed by atoms with Crippen molar-refractivity contribution < 1.29 is 4.42 Å². The monoisotopic (exact) mass is 325 g/mol. The number of anilines is 2. The zero-order valence-corrected chi connectivity index (χ0v) is 13.3. The Hall–Kier alpha value is -2.61. The van der Waals surface area contributed by atoms with Gasteiger partial charge in [0, 0.05) is 31.7 Å². The first-order valence-electron chi connectivity index (χ1n) is 8.34. The van der Waals surface area contributed by atoms with Crippen LogP contribution in [0.5, 0.6) is 0 Å². The molecule has 0 radical (unpaired) electrons. The Morgan fingerprint density at radius 3 is 3.04 bits per heavy atom. The molecular weight excluding hydrogens is 306 g/mol. The van der Waals surface area contributed by atoms with E-state index in [1.807, 2.05) is 18.2 Å². The molecule has 0 bridgehead atoms. The van der Waals surface area contributed by atoms with Crippen molar-refractivity contribution in [2.75, 3.05) is 36.8 Å². The number of nitrogens with two attached hydrogens (primary N) is 1. The van der Waals surface area contributed by atoms with Crippen LogP contribution in [0.3, 0.4) is 0 Å². The summed E-state index contributed by atoms with van der Waals surface area (Å²) in [7, 11) is 0. The molecule has 1 atom stereocenters. The van der Waals surface area contributed by atoms with E-state index < -0.39 is 0 Å². The van der Waals surface area contributed by atoms with Crippen molar-refractivity contribution in [3.05, 3.63) is 24.5 Å². The Labute approximate surface area is 138 Å². The van der Waals surface area contributed by atoms with E-state index in [4.69, 9.17) is 10.2 Å². The number of nitrogen functional groups attached to an aromatic ring is 1. The highest BCUT2D eigenvalue weighted by Gasteiger charge is 2.31. The summed E-state index contributed by atoms with van der Waals surface area (Å²) >= 11 is 0. The molecule has 3 aromatic rings. The van der Waals surface area contributed by atoms with Gasteiger partial charge in [-0.3, -0.25) is 4.90 Å². The fourth-order valence-corrected chi connectivity index (χ4v) is 3.77. The SMILES string of the molecule is Nc1nc(N2CCN3CCCC3C2)cc2nc(-c3ccco3)nn12. The first kappa shape index (κ1) is 13.8. The molecule has 0 amide bonds. The van der Waals surface area contributed by atoms with Crippen LogP contribution in [0.1, 0.15) is 12.8 Å². The predicted octanol–water partition coefficient (Wildman–Crippen LogP) is 1.25. The minimum atomic E-state index is 0.349. The summed E-state index contributed by atoms with van der Waals surface area (Å²) in [6, 6.07) is 6.24. The van der Waals surface area contributed by atoms with Gasteiger partial charge in [-0.2, -0.15) is 9.50 Å². The largest absolute Gasteiger partial charge is 0.461 e. The summed E-state index contributed by atoms with van der Waals surface area (Å²) in [4.78, 5) is 14.0. The van der Waals surface area contributed by atoms with Gasteiger partial charge < -0.3 is 15.1 Å². The Kier molecular flexibility index (Phi) is 2.99. The van der Waals surface area contributed by atoms with E-state index in [2.05, 4.69) is 24.9 Å². The van der Waals surface area contributed by atoms with Gasteiger partial charge in [0.05, 0.1) is 6.26 Å². The summed E-state index contributed by atoms with van der Waals surface area (Å²) in [5, 5.41) is 4.39. The third-order valence-electron chi connectivity index (χ3n) is 4.99. The molecule has 2 N–H and O–H groups in total. The van der Waals surface area contributed by atoms with Crippen molar-refractivity contribution in [3.63, 3.8) is 0 Å². The summed E-state index contributed by atoms with van der Waals surface area (Å²) in [5.74, 6) is 2.37. The molecule has 0 aliphatic carbocycles. The van der Waals surface area contributed by atoms with Gasteiger partial charge in [0.25, 0.3) is 0 Å². The number of fused-ring (bicyclic) bond motifs is 2. The first-order valence-corrected chi connectivity index (χ1v) is 8.34. The van der Waals surface area contributed by atoms with Crippen molar-refractivity contribution in [1.82, 2.24) is 24.5 Å². The van der Waals surface area contributed by atoms with Crippen molar-refractivity contribution in [2.24, 2.45) is 0 Å². The van der Waals surface area contributed by atoms with Gasteiger partial charge >= 0.3 is 0 Å². The number of furan rings is 1. The average Bonchev–Trinajstić information content (AvgIpc) is 3.32. The zero-order chi connectivity index (χ0) is 16.1. The van der Waals surface area contributed by atoms with Gasteiger partial charge in [-0.05, 0) is 31.5 Å². The highest BCUT2D eigenvalue weighted by atomic mass is 16.3. The maximum absolute atomic E-state index is 6.12. The second-order valence-electron chi connectivity index (χ2n) is 6.43. The van der Waals surface area contributed by atoms with Gasteiger partial charge in [-0.25, -0.2) is 4.98 Å². The molecule has 2 fully saturated rings. The molecule has 5 rings (SSSR count). The van der Waals surface area contributed by atoms with E-state index in [-0.39, 0.29) is 0 Å². The standard InChI is InChI=1S/C16H19N7O/c17-16-19-13(22-7-6-21-5-1-3-11(21)10-22)9-14-18-15(20-23(14)16)12-4-2-8-24-12/h2,4,8-9,11H,1,3,5-7,10H2,(H2,17,19). The second kappa shape index (κ2) is 5.20. The third kappa shape index (κ3) is 2.14. The van der Waals surface area contributed by atoms with Gasteiger partial charge in [0.1, 0.15) is 5.82 Å². The summed E-state index contributed by atoms with van der Waals surface area (Å²) < 4.78 is 6.93. The number of hydrogen-bond donors (Lipinski definition) is 1. The lowest BCUT2D eigenvalue weighted by Crippen LogP contribution is -2.50. The summed E-state index contributed by atoms with van der Waals surface area (Å²) in [6.07, 6.45) is 4.17. The van der Waals surface area contributed by atoms with Gasteiger partial charge in [0.2, 0.25) is 11.8 Å². The van der Waals surface area contributed by atoms with Crippen LogP contribution in [-0.4, -0.2) is 56.7 Å². The van der Waals surface area contributed by atoms with Crippen LogP contribution < -0.4 is 10.6 Å². The molecule has 0 saturated carbocycles. The molecule has 5 heterocycles. The maximum Gasteiger partial charge on any atom is 0.225 e. The quantitative estimate of drug-likeness (QED) is 0.758. The number of hydrogen-bond acceptors (Lipinski definition) is 7. The lowest BCUT2D eigenvalue weighted by molar-refractivity contribution is 0.230. The Morgan fingerprint density at radius 1 is 1.21 bits per heavy atom. The Morgan fingerprint density at radius 2 is 2.17 bits per heavy atom. The maximum atomic E-state index is 6.12. The highest BCUT2D eigenvalue weighted by Crippen LogP contribution is 2.26. The Bertz CT molecular complexity index is 872. The van der Waals surface area contributed by atoms with Crippen molar-refractivity contribution in [2.45, 2.75) is 18.9 Å². The second-order valence-corrected chi connectivity index (χ2v) is 6.43. The van der Waals surface area contributed by atoms with Gasteiger partial charge in [0.15, 0.2) is 11.4 Å². The molecule has 8 heteroatoms. The molecule has 3 aromatic heterocycles. The fraction of sp³-hybridized carbons (Fsp3) is 0.438. The van der Waals surface area contributed by atoms with Crippen LogP contribution >= 0.6 is 0 Å². The number of aromatic nitrogens is 4. The highest BCUT2D eigenvalue weighted by molar-refractivity contribution is 5.59. The topological polar surface area (TPSA) is 88.7 Å². The molecular formula is C16H19N7O. The molecule has 124 valence electrons. The lowest BCUT2D eigenvalue weighted by Gasteiger charge is -2.38. The van der Waals surface area contributed by atoms with E-state index in [0.29, 0.717) is 29.2 Å². The van der Waals surface area contributed by atoms with Crippen LogP contribution in [0.15, 0.2) is 28.9 Å². The number of nitrogens with zero attached hydrogens (tertiary/aromatic N) is 6. The first-order chi connectivity index (χ1) is 11.8. The van der Waals surface area contributed by atoms with E-state index in [1.54, 1.807) is 10.8 Å². The minimum Gasteiger partial charge on any atom is -0.461 e. The molecule has 0 aromatic carbocycles. The number of rotatable bonds is 2. The van der Waals surface area contributed by atoms with E-state index in [0.717, 1.165) is 25.5 Å². The Balaban J connectivity index is 1.50. The molecule has 2 aliphatic heterocycles. The normalized spacial score (nSPS) is 21.5. The van der Waals surface area contributed by atoms with Gasteiger partial charge in [-0.1, -0.05) is 0 Å². The minimum absolute atomic E-state index is 0.349. The molecule has 24 heavy (non-hydrogen) atoms. The van der Waals surface area contributed by atoms with Crippen LogP contribution in [0.4, 0.5) is 11.8 Å². The molecule has 2 aliphatic rings. The van der Waals surface area contributed by atoms with Crippen LogP contribution in [0.2, 0.25) is 0 Å². The summed E-state index contributed by atoms with van der Waals surface area (Å²) in [6.45, 7) is 4.28. The van der Waals surface area contributed by atoms with Crippen molar-refractivity contribution in [1.29, 1.82) is 0 Å². The third-order valence-corrected chi connectivity index (χ3v) is 4.99. The predicted molar refractivity (Wildman–Crippen MR) is 89.7 cm³/mol. The zero-order valence-electron chi connectivity index (χ0n) is 13.3. The molecule has 1 unspecified atom stereocenters. The number of piperazine rings is 1. The summed E-state index contributed by atoms with van der Waals surface area (Å²) in [5.41, 5.74) is 6.81. The average molecular weight is 325 g/mol. The molecule has 0 spiro atoms. The van der Waals surface area contributed by atoms with Gasteiger partial charge in [-0.15, -0.1) is 5.10 Å². The molecule has 2 saturated heterocycles. The lowest BCUT2D eigenvalue weighted by atomic mass is 10.1. The smallest absolute Gasteiger partial charge is 0.225 e. The van der Waals surface area contributed by atoms with E-state index in [9.17, 15) is 0 Å². The van der Waals surface area contributed by atoms with Crippen LogP contribution in [0, 0.1) is 0 Å². The van der Waals surface area contributed by atoms with E-state index >= 15 is 0 Å². The molecule has 8 nitrogen and oxygen atoms in total. The van der Waals surface area contributed by atoms with Crippen LogP contribution in [0.25, 0.3) is 17.2 Å². The van der Waals surface area contributed by atoms with E-state index in [1.165, 1.54) is 19.4 Å². The van der Waals surface area contributed by atoms with Crippen molar-refractivity contribution in [3.8, 4) is 11.6 Å². The van der Waals surface area contributed by atoms with Crippen LogP contribution in [-0.2, 0) is 0 Å².